The Hall–Kier alpha value is -5.67. The van der Waals surface area contributed by atoms with Crippen LogP contribution in [0.3, 0.4) is 0 Å². The van der Waals surface area contributed by atoms with Gasteiger partial charge in [-0.3, -0.25) is 19.7 Å². The number of nitrogens with one attached hydrogen (secondary N) is 3. The van der Waals surface area contributed by atoms with Crippen molar-refractivity contribution in [3.63, 3.8) is 0 Å². The van der Waals surface area contributed by atoms with Gasteiger partial charge in [-0.2, -0.15) is 5.10 Å². The summed E-state index contributed by atoms with van der Waals surface area (Å²) in [6.45, 7) is 12.0. The molecule has 15 nitrogen and oxygen atoms in total. The molecule has 4 atom stereocenters. The van der Waals surface area contributed by atoms with Crippen molar-refractivity contribution >= 4 is 34.8 Å². The number of carbonyl (C=O) groups is 4. The van der Waals surface area contributed by atoms with Crippen molar-refractivity contribution in [1.29, 1.82) is 0 Å². The number of hydrogen-bond acceptors (Lipinski definition) is 8. The summed E-state index contributed by atoms with van der Waals surface area (Å²) in [5.41, 5.74) is 4.74. The van der Waals surface area contributed by atoms with E-state index in [1.165, 1.54) is 5.01 Å². The van der Waals surface area contributed by atoms with E-state index in [0.29, 0.717) is 25.4 Å². The second kappa shape index (κ2) is 18.3. The van der Waals surface area contributed by atoms with Gasteiger partial charge < -0.3 is 35.4 Å². The Kier molecular flexibility index (Phi) is 13.7. The fourth-order valence-electron chi connectivity index (χ4n) is 7.46. The number of ether oxygens (including phenoxy) is 1. The number of methoxy groups -OCH3 is 1. The lowest BCUT2D eigenvalue weighted by Crippen LogP contribution is -2.61. The third-order valence-corrected chi connectivity index (χ3v) is 10.4. The van der Waals surface area contributed by atoms with Gasteiger partial charge in [0.25, 0.3) is 5.91 Å². The van der Waals surface area contributed by atoms with Gasteiger partial charge in [-0.25, -0.2) is 14.6 Å². The number of fused-ring (bicyclic) bond motifs is 1. The van der Waals surface area contributed by atoms with E-state index >= 15 is 0 Å². The van der Waals surface area contributed by atoms with Gasteiger partial charge in [0.15, 0.2) is 0 Å². The van der Waals surface area contributed by atoms with Crippen LogP contribution in [0.15, 0.2) is 78.9 Å². The van der Waals surface area contributed by atoms with Crippen LogP contribution in [-0.4, -0.2) is 110 Å². The zero-order chi connectivity index (χ0) is 42.4. The summed E-state index contributed by atoms with van der Waals surface area (Å²) in [6, 6.07) is 21.3. The molecule has 15 heteroatoms. The number of hydrazine groups is 1. The molecule has 3 aromatic carbocycles. The van der Waals surface area contributed by atoms with E-state index in [2.05, 4.69) is 21.2 Å². The summed E-state index contributed by atoms with van der Waals surface area (Å²) in [5, 5.41) is 34.2. The maximum Gasteiger partial charge on any atom is 0.405 e. The first kappa shape index (κ1) is 43.5. The second-order valence-corrected chi connectivity index (χ2v) is 17.1. The Labute approximate surface area is 340 Å². The molecular formula is C43H58N8O7. The molecule has 5 amide bonds. The summed E-state index contributed by atoms with van der Waals surface area (Å²) in [7, 11) is 3.43. The van der Waals surface area contributed by atoms with Crippen LogP contribution in [0.1, 0.15) is 58.4 Å². The fourth-order valence-corrected chi connectivity index (χ4v) is 7.46. The smallest absolute Gasteiger partial charge is 0.405 e. The quantitative estimate of drug-likeness (QED) is 0.102. The molecule has 0 radical (unpaired) electrons. The lowest BCUT2D eigenvalue weighted by atomic mass is 9.84. The number of aliphatic hydroxyl groups is 1. The van der Waals surface area contributed by atoms with Gasteiger partial charge in [0.2, 0.25) is 5.91 Å². The lowest BCUT2D eigenvalue weighted by molar-refractivity contribution is -0.133. The molecule has 1 aliphatic heterocycles. The van der Waals surface area contributed by atoms with Crippen molar-refractivity contribution < 1.29 is 34.1 Å². The predicted molar refractivity (Wildman–Crippen MR) is 221 cm³/mol. The summed E-state index contributed by atoms with van der Waals surface area (Å²) < 4.78 is 7.11. The number of nitrogens with zero attached hydrogens (tertiary/aromatic N) is 5. The fraction of sp³-hybridized carbons (Fsp3) is 0.465. The van der Waals surface area contributed by atoms with Crippen LogP contribution in [-0.2, 0) is 36.1 Å². The van der Waals surface area contributed by atoms with Gasteiger partial charge in [0, 0.05) is 38.6 Å². The number of aliphatic hydroxyl groups excluding tert-OH is 1. The van der Waals surface area contributed by atoms with Gasteiger partial charge in [-0.05, 0) is 46.6 Å². The molecule has 5 rings (SSSR count). The molecule has 0 aliphatic carbocycles. The molecule has 58 heavy (non-hydrogen) atoms. The van der Waals surface area contributed by atoms with Crippen molar-refractivity contribution in [2.75, 3.05) is 26.7 Å². The van der Waals surface area contributed by atoms with Crippen molar-refractivity contribution in [1.82, 2.24) is 40.6 Å². The van der Waals surface area contributed by atoms with E-state index in [-0.39, 0.29) is 25.5 Å². The number of amides is 5. The lowest BCUT2D eigenvalue weighted by Gasteiger charge is -2.38. The van der Waals surface area contributed by atoms with Crippen LogP contribution in [0, 0.1) is 10.8 Å². The molecule has 1 aromatic heterocycles. The first-order valence-corrected chi connectivity index (χ1v) is 19.5. The molecule has 312 valence electrons. The van der Waals surface area contributed by atoms with Crippen LogP contribution in [0.4, 0.5) is 9.59 Å². The summed E-state index contributed by atoms with van der Waals surface area (Å²) in [4.78, 5) is 57.4. The normalized spacial score (nSPS) is 15.6. The number of aryl methyl sites for hydroxylation is 1. The summed E-state index contributed by atoms with van der Waals surface area (Å²) in [6.07, 6.45) is -2.35. The highest BCUT2D eigenvalue weighted by molar-refractivity contribution is 5.89. The SMILES string of the molecule is COc1ccc(CN(C[C@H](O)[C@H](Cc2ccccc2)NC(=O)[C@@H](N2CCN(Cc3nn(C)c4ccccc34)C2=O)C(C)(C)C)NC(=O)[C@@H](NC(=O)O)C(C)(C)C)cc1. The molecule has 0 spiro atoms. The van der Waals surface area contributed by atoms with E-state index in [0.717, 1.165) is 27.7 Å². The molecule has 0 bridgehead atoms. The number of carbonyl (C=O) groups excluding carboxylic acids is 3. The molecule has 2 heterocycles. The van der Waals surface area contributed by atoms with Gasteiger partial charge in [0.1, 0.15) is 17.8 Å². The molecule has 0 unspecified atom stereocenters. The minimum atomic E-state index is -1.35. The highest BCUT2D eigenvalue weighted by atomic mass is 16.5. The minimum Gasteiger partial charge on any atom is -0.497 e. The van der Waals surface area contributed by atoms with E-state index < -0.39 is 53.0 Å². The largest absolute Gasteiger partial charge is 0.497 e. The van der Waals surface area contributed by atoms with E-state index in [1.807, 2.05) is 94.5 Å². The van der Waals surface area contributed by atoms with Crippen molar-refractivity contribution in [3.8, 4) is 5.75 Å². The Morgan fingerprint density at radius 3 is 2.14 bits per heavy atom. The average Bonchev–Trinajstić information content (AvgIpc) is 3.67. The van der Waals surface area contributed by atoms with Crippen molar-refractivity contribution in [2.45, 2.75) is 85.3 Å². The van der Waals surface area contributed by atoms with Crippen molar-refractivity contribution in [2.24, 2.45) is 17.9 Å². The standard InChI is InChI=1S/C43H58N8O7/c1-42(2,3)36(45-40(55)56)38(53)47-50(25-29-18-20-30(58-8)21-19-29)27-35(52)32(24-28-14-10-9-11-15-28)44-39(54)37(43(4,5)6)51-23-22-49(41(51)57)26-33-31-16-12-13-17-34(31)48(7)46-33/h9-21,32,35-37,45,52H,22-27H2,1-8H3,(H,44,54)(H,47,53)(H,55,56)/t32-,35-,36+,37+/m0/s1. The molecule has 1 saturated heterocycles. The molecule has 1 aliphatic rings. The highest BCUT2D eigenvalue weighted by Crippen LogP contribution is 2.30. The first-order valence-electron chi connectivity index (χ1n) is 19.5. The average molecular weight is 799 g/mol. The molecule has 0 saturated carbocycles. The Morgan fingerprint density at radius 2 is 1.52 bits per heavy atom. The minimum absolute atomic E-state index is 0.136. The Balaban J connectivity index is 1.40. The topological polar surface area (TPSA) is 182 Å². The van der Waals surface area contributed by atoms with Gasteiger partial charge in [0.05, 0.1) is 37.0 Å². The van der Waals surface area contributed by atoms with Gasteiger partial charge >= 0.3 is 12.1 Å². The number of urea groups is 1. The molecule has 5 N–H and O–H groups in total. The predicted octanol–water partition coefficient (Wildman–Crippen LogP) is 4.54. The molecular weight excluding hydrogens is 741 g/mol. The second-order valence-electron chi connectivity index (χ2n) is 17.1. The maximum absolute atomic E-state index is 14.6. The van der Waals surface area contributed by atoms with E-state index in [9.17, 15) is 29.4 Å². The molecule has 4 aromatic rings. The number of carboxylic acid groups (broad SMARTS) is 1. The number of rotatable bonds is 16. The zero-order valence-corrected chi connectivity index (χ0v) is 34.7. The third-order valence-electron chi connectivity index (χ3n) is 10.4. The van der Waals surface area contributed by atoms with Gasteiger partial charge in [-0.1, -0.05) is 102 Å². The number of hydrogen-bond donors (Lipinski definition) is 5. The van der Waals surface area contributed by atoms with Crippen LogP contribution in [0.2, 0.25) is 0 Å². The number of para-hydroxylation sites is 1. The first-order chi connectivity index (χ1) is 27.3. The third kappa shape index (κ3) is 10.8. The molecule has 1 fully saturated rings. The zero-order valence-electron chi connectivity index (χ0n) is 34.7. The summed E-state index contributed by atoms with van der Waals surface area (Å²) in [5.74, 6) is -0.389. The van der Waals surface area contributed by atoms with Crippen LogP contribution >= 0.6 is 0 Å². The highest BCUT2D eigenvalue weighted by Gasteiger charge is 2.44. The Bertz CT molecular complexity index is 2040. The van der Waals surface area contributed by atoms with Crippen LogP contribution in [0.5, 0.6) is 5.75 Å². The number of aromatic nitrogens is 2. The van der Waals surface area contributed by atoms with Crippen LogP contribution in [0.25, 0.3) is 10.9 Å². The number of benzene rings is 3. The van der Waals surface area contributed by atoms with E-state index in [1.54, 1.807) is 54.5 Å². The maximum atomic E-state index is 14.6. The van der Waals surface area contributed by atoms with Gasteiger partial charge in [-0.15, -0.1) is 0 Å². The van der Waals surface area contributed by atoms with E-state index in [4.69, 9.17) is 4.74 Å². The van der Waals surface area contributed by atoms with Crippen LogP contribution < -0.4 is 20.8 Å². The van der Waals surface area contributed by atoms with Crippen molar-refractivity contribution in [3.05, 3.63) is 95.7 Å². The Morgan fingerprint density at radius 1 is 0.862 bits per heavy atom. The summed E-state index contributed by atoms with van der Waals surface area (Å²) >= 11 is 0. The monoisotopic (exact) mass is 798 g/mol.